The van der Waals surface area contributed by atoms with Crippen molar-refractivity contribution in [2.75, 3.05) is 5.32 Å². The van der Waals surface area contributed by atoms with Crippen LogP contribution in [-0.4, -0.2) is 20.7 Å². The van der Waals surface area contributed by atoms with Gasteiger partial charge in [-0.2, -0.15) is 5.10 Å². The normalized spacial score (nSPS) is 14.3. The number of rotatable bonds is 5. The number of benzene rings is 1. The lowest BCUT2D eigenvalue weighted by atomic mass is 10.2. The lowest BCUT2D eigenvalue weighted by molar-refractivity contribution is -0.117. The zero-order valence-electron chi connectivity index (χ0n) is 13.8. The van der Waals surface area contributed by atoms with E-state index in [4.69, 9.17) is 0 Å². The van der Waals surface area contributed by atoms with Gasteiger partial charge in [-0.1, -0.05) is 17.4 Å². The van der Waals surface area contributed by atoms with Crippen LogP contribution in [0.3, 0.4) is 0 Å². The maximum absolute atomic E-state index is 13.1. The molecule has 5 nitrogen and oxygen atoms in total. The Morgan fingerprint density at radius 2 is 2.23 bits per heavy atom. The minimum atomic E-state index is -2.68. The zero-order chi connectivity index (χ0) is 18.4. The van der Waals surface area contributed by atoms with Gasteiger partial charge in [0, 0.05) is 5.92 Å². The third-order valence-electron chi connectivity index (χ3n) is 4.21. The topological polar surface area (TPSA) is 59.8 Å². The van der Waals surface area contributed by atoms with Crippen molar-refractivity contribution >= 4 is 48.5 Å². The quantitative estimate of drug-likeness (QED) is 0.605. The van der Waals surface area contributed by atoms with Crippen molar-refractivity contribution in [2.24, 2.45) is 0 Å². The smallest absolute Gasteiger partial charge is 0.283 e. The molecule has 26 heavy (non-hydrogen) atoms. The van der Waals surface area contributed by atoms with Gasteiger partial charge in [0.05, 0.1) is 20.4 Å². The number of thiazole rings is 1. The Balaban J connectivity index is 1.55. The van der Waals surface area contributed by atoms with E-state index < -0.39 is 6.43 Å². The van der Waals surface area contributed by atoms with Gasteiger partial charge in [0.2, 0.25) is 5.91 Å². The molecule has 3 aromatic rings. The molecule has 4 rings (SSSR count). The van der Waals surface area contributed by atoms with Crippen molar-refractivity contribution in [3.8, 4) is 0 Å². The summed E-state index contributed by atoms with van der Waals surface area (Å²) in [5.74, 6) is -0.152. The molecule has 9 heteroatoms. The Hall–Kier alpha value is -1.87. The summed E-state index contributed by atoms with van der Waals surface area (Å²) in [6.45, 7) is 1.87. The van der Waals surface area contributed by atoms with Crippen LogP contribution in [0, 0.1) is 6.92 Å². The molecular weight excluding hydrogens is 426 g/mol. The van der Waals surface area contributed by atoms with Crippen molar-refractivity contribution in [3.05, 3.63) is 39.6 Å². The zero-order valence-corrected chi connectivity index (χ0v) is 16.2. The molecule has 0 unspecified atom stereocenters. The van der Waals surface area contributed by atoms with Gasteiger partial charge in [0.15, 0.2) is 5.13 Å². The number of aryl methyl sites for hydroxylation is 1. The molecule has 1 aliphatic rings. The number of amides is 1. The highest BCUT2D eigenvalue weighted by molar-refractivity contribution is 9.10. The van der Waals surface area contributed by atoms with Crippen molar-refractivity contribution in [2.45, 2.75) is 38.7 Å². The number of carbonyl (C=O) groups is 1. The fourth-order valence-corrected chi connectivity index (χ4v) is 4.62. The van der Waals surface area contributed by atoms with Gasteiger partial charge in [0.25, 0.3) is 6.43 Å². The van der Waals surface area contributed by atoms with Gasteiger partial charge in [-0.15, -0.1) is 0 Å². The number of alkyl halides is 2. The predicted molar refractivity (Wildman–Crippen MR) is 99.8 cm³/mol. The van der Waals surface area contributed by atoms with Gasteiger partial charge in [0.1, 0.15) is 12.2 Å². The molecule has 2 aromatic heterocycles. The molecule has 0 atom stereocenters. The second-order valence-corrected chi connectivity index (χ2v) is 8.18. The Morgan fingerprint density at radius 1 is 1.46 bits per heavy atom. The largest absolute Gasteiger partial charge is 0.300 e. The van der Waals surface area contributed by atoms with Crippen molar-refractivity contribution < 1.29 is 13.6 Å². The summed E-state index contributed by atoms with van der Waals surface area (Å²) in [6.07, 6.45) is -0.837. The molecule has 1 N–H and O–H groups in total. The molecule has 0 aliphatic heterocycles. The van der Waals surface area contributed by atoms with E-state index >= 15 is 0 Å². The van der Waals surface area contributed by atoms with E-state index in [-0.39, 0.29) is 24.1 Å². The number of aromatic nitrogens is 3. The molecule has 0 spiro atoms. The number of halogens is 3. The van der Waals surface area contributed by atoms with Crippen molar-refractivity contribution in [1.82, 2.24) is 14.8 Å². The van der Waals surface area contributed by atoms with Gasteiger partial charge >= 0.3 is 0 Å². The number of nitrogens with one attached hydrogen (secondary N) is 1. The van der Waals surface area contributed by atoms with E-state index in [1.807, 2.05) is 25.1 Å². The van der Waals surface area contributed by atoms with Gasteiger partial charge in [-0.25, -0.2) is 13.8 Å². The molecule has 0 bridgehead atoms. The third-order valence-corrected chi connectivity index (χ3v) is 5.96. The Kier molecular flexibility index (Phi) is 4.52. The first-order valence-electron chi connectivity index (χ1n) is 8.13. The van der Waals surface area contributed by atoms with E-state index in [0.717, 1.165) is 28.6 Å². The number of nitrogens with zero attached hydrogens (tertiary/aromatic N) is 3. The summed E-state index contributed by atoms with van der Waals surface area (Å²) < 4.78 is 28.9. The van der Waals surface area contributed by atoms with Crippen LogP contribution in [0.25, 0.3) is 10.2 Å². The summed E-state index contributed by atoms with van der Waals surface area (Å²) in [4.78, 5) is 16.8. The van der Waals surface area contributed by atoms with Crippen LogP contribution >= 0.6 is 27.3 Å². The van der Waals surface area contributed by atoms with Crippen LogP contribution in [0.2, 0.25) is 0 Å². The van der Waals surface area contributed by atoms with Crippen LogP contribution < -0.4 is 5.32 Å². The molecule has 1 fully saturated rings. The van der Waals surface area contributed by atoms with Crippen LogP contribution in [0.4, 0.5) is 13.9 Å². The van der Waals surface area contributed by atoms with Crippen LogP contribution in [0.5, 0.6) is 0 Å². The summed E-state index contributed by atoms with van der Waals surface area (Å²) in [6, 6.07) is 5.87. The minimum Gasteiger partial charge on any atom is -0.300 e. The second kappa shape index (κ2) is 6.70. The second-order valence-electron chi connectivity index (χ2n) is 6.36. The maximum atomic E-state index is 13.1. The van der Waals surface area contributed by atoms with Gasteiger partial charge < -0.3 is 5.32 Å². The predicted octanol–water partition coefficient (Wildman–Crippen LogP) is 5.02. The molecule has 136 valence electrons. The number of carbonyl (C=O) groups excluding carboxylic acids is 1. The van der Waals surface area contributed by atoms with Gasteiger partial charge in [-0.05, 0) is 53.4 Å². The highest BCUT2D eigenvalue weighted by Gasteiger charge is 2.34. The average Bonchev–Trinajstić information content (AvgIpc) is 3.23. The Morgan fingerprint density at radius 3 is 2.92 bits per heavy atom. The fraction of sp³-hybridized carbons (Fsp3) is 0.353. The number of hydrogen-bond acceptors (Lipinski definition) is 4. The molecule has 0 saturated heterocycles. The number of hydrogen-bond donors (Lipinski definition) is 1. The highest BCUT2D eigenvalue weighted by atomic mass is 79.9. The van der Waals surface area contributed by atoms with E-state index in [2.05, 4.69) is 31.3 Å². The van der Waals surface area contributed by atoms with Crippen LogP contribution in [-0.2, 0) is 11.3 Å². The molecule has 1 amide bonds. The number of anilines is 1. The molecule has 1 saturated carbocycles. The monoisotopic (exact) mass is 440 g/mol. The molecular formula is C17H15BrF2N4OS. The first kappa shape index (κ1) is 17.5. The average molecular weight is 441 g/mol. The fourth-order valence-electron chi connectivity index (χ4n) is 2.86. The van der Waals surface area contributed by atoms with Crippen LogP contribution in [0.1, 0.15) is 42.1 Å². The summed E-state index contributed by atoms with van der Waals surface area (Å²) >= 11 is 4.61. The lowest BCUT2D eigenvalue weighted by Crippen LogP contribution is -2.20. The van der Waals surface area contributed by atoms with E-state index in [0.29, 0.717) is 15.3 Å². The SMILES string of the molecule is Cc1ccc2nc(NC(=O)Cn3nc(C(F)F)c(Br)c3C3CC3)sc2c1. The molecule has 2 heterocycles. The van der Waals surface area contributed by atoms with Crippen molar-refractivity contribution in [1.29, 1.82) is 0 Å². The Bertz CT molecular complexity index is 996. The standard InChI is InChI=1S/C17H15BrF2N4OS/c1-8-2-5-10-11(6-8)26-17(21-10)22-12(25)7-24-15(9-3-4-9)13(18)14(23-24)16(19)20/h2,5-6,9,16H,3-4,7H2,1H3,(H,21,22,25). The Labute approximate surface area is 160 Å². The van der Waals surface area contributed by atoms with E-state index in [1.54, 1.807) is 0 Å². The molecule has 1 aromatic carbocycles. The first-order chi connectivity index (χ1) is 12.4. The minimum absolute atomic E-state index is 0.119. The molecule has 0 radical (unpaired) electrons. The van der Waals surface area contributed by atoms with Crippen LogP contribution in [0.15, 0.2) is 22.7 Å². The van der Waals surface area contributed by atoms with E-state index in [1.165, 1.54) is 16.0 Å². The van der Waals surface area contributed by atoms with E-state index in [9.17, 15) is 13.6 Å². The lowest BCUT2D eigenvalue weighted by Gasteiger charge is -2.06. The number of fused-ring (bicyclic) bond motifs is 1. The third kappa shape index (κ3) is 3.37. The summed E-state index contributed by atoms with van der Waals surface area (Å²) in [5, 5.41) is 7.19. The van der Waals surface area contributed by atoms with Gasteiger partial charge in [-0.3, -0.25) is 9.48 Å². The molecule has 1 aliphatic carbocycles. The highest BCUT2D eigenvalue weighted by Crippen LogP contribution is 2.45. The maximum Gasteiger partial charge on any atom is 0.283 e. The van der Waals surface area contributed by atoms with Crippen molar-refractivity contribution in [3.63, 3.8) is 0 Å². The summed E-state index contributed by atoms with van der Waals surface area (Å²) in [7, 11) is 0. The first-order valence-corrected chi connectivity index (χ1v) is 9.74. The summed E-state index contributed by atoms with van der Waals surface area (Å²) in [5.41, 5.74) is 2.30.